The SMILES string of the molecule is COC(=O)C(CC(C)C)NC(=O)Cn1nc(-c2cccs2)oc1=O. The Labute approximate surface area is 142 Å². The number of rotatable bonds is 7. The molecular weight excluding hydrogens is 334 g/mol. The summed E-state index contributed by atoms with van der Waals surface area (Å²) in [5, 5.41) is 8.39. The number of hydrogen-bond donors (Lipinski definition) is 1. The molecule has 0 aliphatic rings. The predicted octanol–water partition coefficient (Wildman–Crippen LogP) is 1.27. The number of aromatic nitrogens is 2. The van der Waals surface area contributed by atoms with Crippen LogP contribution in [0.3, 0.4) is 0 Å². The molecule has 1 atom stereocenters. The van der Waals surface area contributed by atoms with Crippen LogP contribution in [0, 0.1) is 5.92 Å². The second kappa shape index (κ2) is 7.91. The van der Waals surface area contributed by atoms with E-state index in [-0.39, 0.29) is 18.4 Å². The third-order valence-electron chi connectivity index (χ3n) is 3.16. The van der Waals surface area contributed by atoms with Crippen molar-refractivity contribution in [3.63, 3.8) is 0 Å². The molecule has 2 rings (SSSR count). The lowest BCUT2D eigenvalue weighted by Crippen LogP contribution is -2.44. The average Bonchev–Trinajstić information content (AvgIpc) is 3.15. The fourth-order valence-corrected chi connectivity index (χ4v) is 2.75. The molecule has 0 radical (unpaired) electrons. The second-order valence-electron chi connectivity index (χ2n) is 5.58. The van der Waals surface area contributed by atoms with Gasteiger partial charge >= 0.3 is 11.7 Å². The van der Waals surface area contributed by atoms with Gasteiger partial charge in [-0.15, -0.1) is 16.4 Å². The first kappa shape index (κ1) is 17.9. The summed E-state index contributed by atoms with van der Waals surface area (Å²) in [7, 11) is 1.26. The summed E-state index contributed by atoms with van der Waals surface area (Å²) < 4.78 is 10.6. The maximum atomic E-state index is 12.1. The fraction of sp³-hybridized carbons (Fsp3) is 0.467. The van der Waals surface area contributed by atoms with Crippen LogP contribution in [0.25, 0.3) is 10.8 Å². The minimum Gasteiger partial charge on any atom is -0.467 e. The number of esters is 1. The van der Waals surface area contributed by atoms with Crippen molar-refractivity contribution < 1.29 is 18.7 Å². The molecule has 8 nitrogen and oxygen atoms in total. The number of nitrogens with zero attached hydrogens (tertiary/aromatic N) is 2. The van der Waals surface area contributed by atoms with Crippen LogP contribution in [0.4, 0.5) is 0 Å². The summed E-state index contributed by atoms with van der Waals surface area (Å²) in [5.74, 6) is -1.42. The maximum absolute atomic E-state index is 12.1. The molecule has 0 aliphatic heterocycles. The molecule has 2 aromatic heterocycles. The molecule has 0 saturated carbocycles. The van der Waals surface area contributed by atoms with Gasteiger partial charge in [-0.3, -0.25) is 4.79 Å². The number of methoxy groups -OCH3 is 1. The molecular formula is C15H19N3O5S. The summed E-state index contributed by atoms with van der Waals surface area (Å²) in [6.45, 7) is 3.52. The molecule has 0 saturated heterocycles. The van der Waals surface area contributed by atoms with E-state index in [4.69, 9.17) is 4.42 Å². The molecule has 1 N–H and O–H groups in total. The van der Waals surface area contributed by atoms with Crippen molar-refractivity contribution in [2.24, 2.45) is 5.92 Å². The van der Waals surface area contributed by atoms with Gasteiger partial charge in [-0.1, -0.05) is 19.9 Å². The van der Waals surface area contributed by atoms with Crippen LogP contribution < -0.4 is 11.1 Å². The molecule has 0 spiro atoms. The van der Waals surface area contributed by atoms with Gasteiger partial charge in [0, 0.05) is 0 Å². The van der Waals surface area contributed by atoms with E-state index >= 15 is 0 Å². The third-order valence-corrected chi connectivity index (χ3v) is 4.02. The Morgan fingerprint density at radius 3 is 2.79 bits per heavy atom. The summed E-state index contributed by atoms with van der Waals surface area (Å²) in [6.07, 6.45) is 0.437. The van der Waals surface area contributed by atoms with Crippen LogP contribution in [0.1, 0.15) is 20.3 Å². The van der Waals surface area contributed by atoms with Gasteiger partial charge in [0.05, 0.1) is 12.0 Å². The van der Waals surface area contributed by atoms with Gasteiger partial charge in [-0.2, -0.15) is 4.68 Å². The lowest BCUT2D eigenvalue weighted by atomic mass is 10.0. The lowest BCUT2D eigenvalue weighted by molar-refractivity contribution is -0.145. The van der Waals surface area contributed by atoms with Crippen LogP contribution in [0.15, 0.2) is 26.7 Å². The van der Waals surface area contributed by atoms with Gasteiger partial charge in [-0.05, 0) is 23.8 Å². The van der Waals surface area contributed by atoms with E-state index in [1.54, 1.807) is 12.1 Å². The molecule has 9 heteroatoms. The van der Waals surface area contributed by atoms with Gasteiger partial charge < -0.3 is 14.5 Å². The Morgan fingerprint density at radius 1 is 1.46 bits per heavy atom. The van der Waals surface area contributed by atoms with Crippen molar-refractivity contribution in [1.29, 1.82) is 0 Å². The quantitative estimate of drug-likeness (QED) is 0.752. The second-order valence-corrected chi connectivity index (χ2v) is 6.53. The summed E-state index contributed by atoms with van der Waals surface area (Å²) in [4.78, 5) is 36.3. The van der Waals surface area contributed by atoms with Gasteiger partial charge in [0.15, 0.2) is 0 Å². The number of carbonyl (C=O) groups is 2. The van der Waals surface area contributed by atoms with E-state index in [0.29, 0.717) is 11.3 Å². The largest absolute Gasteiger partial charge is 0.467 e. The zero-order valence-corrected chi connectivity index (χ0v) is 14.5. The highest BCUT2D eigenvalue weighted by atomic mass is 32.1. The van der Waals surface area contributed by atoms with Gasteiger partial charge in [0.2, 0.25) is 5.91 Å². The molecule has 0 aliphatic carbocycles. The third kappa shape index (κ3) is 4.54. The first-order valence-electron chi connectivity index (χ1n) is 7.39. The molecule has 130 valence electrons. The van der Waals surface area contributed by atoms with Gasteiger partial charge in [0.1, 0.15) is 12.6 Å². The van der Waals surface area contributed by atoms with Crippen LogP contribution in [-0.4, -0.2) is 34.8 Å². The first-order valence-corrected chi connectivity index (χ1v) is 8.27. The average molecular weight is 353 g/mol. The van der Waals surface area contributed by atoms with Crippen molar-refractivity contribution in [1.82, 2.24) is 15.1 Å². The van der Waals surface area contributed by atoms with Gasteiger partial charge in [0.25, 0.3) is 5.89 Å². The first-order chi connectivity index (χ1) is 11.4. The Balaban J connectivity index is 2.06. The van der Waals surface area contributed by atoms with Crippen molar-refractivity contribution in [2.75, 3.05) is 7.11 Å². The minimum atomic E-state index is -0.762. The van der Waals surface area contributed by atoms with E-state index in [0.717, 1.165) is 4.68 Å². The monoisotopic (exact) mass is 353 g/mol. The molecule has 0 fully saturated rings. The van der Waals surface area contributed by atoms with Crippen molar-refractivity contribution in [2.45, 2.75) is 32.9 Å². The van der Waals surface area contributed by atoms with Crippen LogP contribution in [0.2, 0.25) is 0 Å². The van der Waals surface area contributed by atoms with E-state index in [9.17, 15) is 14.4 Å². The maximum Gasteiger partial charge on any atom is 0.437 e. The van der Waals surface area contributed by atoms with Gasteiger partial charge in [-0.25, -0.2) is 9.59 Å². The van der Waals surface area contributed by atoms with E-state index in [1.165, 1.54) is 18.4 Å². The smallest absolute Gasteiger partial charge is 0.437 e. The van der Waals surface area contributed by atoms with E-state index < -0.39 is 23.7 Å². The van der Waals surface area contributed by atoms with Crippen LogP contribution in [0.5, 0.6) is 0 Å². The van der Waals surface area contributed by atoms with Crippen LogP contribution in [-0.2, 0) is 20.9 Å². The Kier molecular flexibility index (Phi) is 5.91. The number of nitrogens with one attached hydrogen (secondary N) is 1. The number of carbonyl (C=O) groups excluding carboxylic acids is 2. The Morgan fingerprint density at radius 2 is 2.21 bits per heavy atom. The normalized spacial score (nSPS) is 12.2. The number of ether oxygens (including phenoxy) is 1. The summed E-state index contributed by atoms with van der Waals surface area (Å²) in [5.41, 5.74) is 0. The molecule has 0 bridgehead atoms. The minimum absolute atomic E-state index is 0.162. The Hall–Kier alpha value is -2.42. The fourth-order valence-electron chi connectivity index (χ4n) is 2.11. The summed E-state index contributed by atoms with van der Waals surface area (Å²) >= 11 is 1.37. The van der Waals surface area contributed by atoms with E-state index in [1.807, 2.05) is 19.2 Å². The predicted molar refractivity (Wildman–Crippen MR) is 87.5 cm³/mol. The molecule has 1 unspecified atom stereocenters. The zero-order chi connectivity index (χ0) is 17.7. The molecule has 1 amide bonds. The zero-order valence-electron chi connectivity index (χ0n) is 13.6. The van der Waals surface area contributed by atoms with Crippen molar-refractivity contribution in [3.05, 3.63) is 28.1 Å². The molecule has 0 aromatic carbocycles. The summed E-state index contributed by atoms with van der Waals surface area (Å²) in [6, 6.07) is 2.80. The number of hydrogen-bond acceptors (Lipinski definition) is 7. The Bertz CT molecular complexity index is 748. The van der Waals surface area contributed by atoms with E-state index in [2.05, 4.69) is 15.2 Å². The van der Waals surface area contributed by atoms with Crippen molar-refractivity contribution in [3.8, 4) is 10.8 Å². The highest BCUT2D eigenvalue weighted by Crippen LogP contribution is 2.20. The molecule has 2 aromatic rings. The topological polar surface area (TPSA) is 103 Å². The van der Waals surface area contributed by atoms with Crippen molar-refractivity contribution >= 4 is 23.2 Å². The van der Waals surface area contributed by atoms with Crippen LogP contribution >= 0.6 is 11.3 Å². The number of amides is 1. The standard InChI is InChI=1S/C15H19N3O5S/c1-9(2)7-10(14(20)22-3)16-12(19)8-18-15(21)23-13(17-18)11-5-4-6-24-11/h4-6,9-10H,7-8H2,1-3H3,(H,16,19). The highest BCUT2D eigenvalue weighted by Gasteiger charge is 2.23. The molecule has 24 heavy (non-hydrogen) atoms. The highest BCUT2D eigenvalue weighted by molar-refractivity contribution is 7.13. The molecule has 2 heterocycles. The lowest BCUT2D eigenvalue weighted by Gasteiger charge is -2.18. The number of thiophene rings is 1.